The average Bonchev–Trinajstić information content (AvgIpc) is 2.60. The molecule has 0 bridgehead atoms. The van der Waals surface area contributed by atoms with Gasteiger partial charge in [-0.1, -0.05) is 37.5 Å². The summed E-state index contributed by atoms with van der Waals surface area (Å²) in [6, 6.07) is 5.58. The fourth-order valence-electron chi connectivity index (χ4n) is 5.06. The van der Waals surface area contributed by atoms with Gasteiger partial charge in [0.25, 0.3) is 0 Å². The van der Waals surface area contributed by atoms with E-state index >= 15 is 0 Å². The maximum Gasteiger partial charge on any atom is 0.248 e. The molecule has 1 aromatic carbocycles. The molecular formula is C26H40O2Si. The van der Waals surface area contributed by atoms with E-state index in [4.69, 9.17) is 9.16 Å². The number of rotatable bonds is 8. The van der Waals surface area contributed by atoms with Gasteiger partial charge in [-0.15, -0.1) is 6.58 Å². The highest BCUT2D eigenvalue weighted by molar-refractivity contribution is 6.72. The SMILES string of the molecule is C=CC[Si](C)(C)Oc1cc(CCCCC)cc2c1C1C=C(C)CCC1C(C)(C)O2. The Morgan fingerprint density at radius 1 is 1.28 bits per heavy atom. The highest BCUT2D eigenvalue weighted by atomic mass is 28.4. The van der Waals surface area contributed by atoms with E-state index in [-0.39, 0.29) is 5.60 Å². The molecule has 3 heteroatoms. The highest BCUT2D eigenvalue weighted by Gasteiger charge is 2.45. The third kappa shape index (κ3) is 4.99. The summed E-state index contributed by atoms with van der Waals surface area (Å²) in [5.41, 5.74) is 3.98. The molecule has 0 saturated heterocycles. The van der Waals surface area contributed by atoms with Crippen LogP contribution in [0, 0.1) is 5.92 Å². The van der Waals surface area contributed by atoms with Crippen LogP contribution in [-0.2, 0) is 6.42 Å². The summed E-state index contributed by atoms with van der Waals surface area (Å²) in [7, 11) is -1.87. The van der Waals surface area contributed by atoms with Crippen molar-refractivity contribution in [2.75, 3.05) is 0 Å². The van der Waals surface area contributed by atoms with Gasteiger partial charge in [0, 0.05) is 17.4 Å². The molecule has 1 aliphatic carbocycles. The van der Waals surface area contributed by atoms with Crippen molar-refractivity contribution >= 4 is 8.32 Å². The summed E-state index contributed by atoms with van der Waals surface area (Å²) >= 11 is 0. The summed E-state index contributed by atoms with van der Waals surface area (Å²) in [4.78, 5) is 0. The zero-order valence-corrected chi connectivity index (χ0v) is 20.4. The van der Waals surface area contributed by atoms with Crippen LogP contribution in [0.2, 0.25) is 19.1 Å². The van der Waals surface area contributed by atoms with Crippen molar-refractivity contribution in [3.63, 3.8) is 0 Å². The molecule has 0 amide bonds. The fourth-order valence-corrected chi connectivity index (χ4v) is 6.60. The highest BCUT2D eigenvalue weighted by Crippen LogP contribution is 2.54. The second kappa shape index (κ2) is 8.71. The Hall–Kier alpha value is -1.48. The Morgan fingerprint density at radius 3 is 2.72 bits per heavy atom. The van der Waals surface area contributed by atoms with E-state index in [1.54, 1.807) is 0 Å². The van der Waals surface area contributed by atoms with Gasteiger partial charge in [-0.05, 0) is 83.3 Å². The topological polar surface area (TPSA) is 18.5 Å². The molecular weight excluding hydrogens is 372 g/mol. The minimum absolute atomic E-state index is 0.151. The maximum absolute atomic E-state index is 6.80. The summed E-state index contributed by atoms with van der Waals surface area (Å²) in [5, 5.41) is 0. The number of aryl methyl sites for hydroxylation is 1. The number of fused-ring (bicyclic) bond motifs is 3. The summed E-state index contributed by atoms with van der Waals surface area (Å²) in [6.07, 6.45) is 11.7. The summed E-state index contributed by atoms with van der Waals surface area (Å²) < 4.78 is 13.5. The van der Waals surface area contributed by atoms with Crippen LogP contribution in [0.5, 0.6) is 11.5 Å². The maximum atomic E-state index is 6.80. The molecule has 1 aliphatic heterocycles. The third-order valence-electron chi connectivity index (χ3n) is 6.60. The third-order valence-corrected chi connectivity index (χ3v) is 8.65. The lowest BCUT2D eigenvalue weighted by Gasteiger charge is -2.47. The monoisotopic (exact) mass is 412 g/mol. The lowest BCUT2D eigenvalue weighted by Crippen LogP contribution is -2.45. The molecule has 0 radical (unpaired) electrons. The predicted molar refractivity (Wildman–Crippen MR) is 127 cm³/mol. The molecule has 0 N–H and O–H groups in total. The average molecular weight is 413 g/mol. The van der Waals surface area contributed by atoms with Crippen molar-refractivity contribution in [1.82, 2.24) is 0 Å². The smallest absolute Gasteiger partial charge is 0.248 e. The van der Waals surface area contributed by atoms with Crippen LogP contribution >= 0.6 is 0 Å². The van der Waals surface area contributed by atoms with Gasteiger partial charge in [0.05, 0.1) is 0 Å². The molecule has 2 aliphatic rings. The number of benzene rings is 1. The van der Waals surface area contributed by atoms with E-state index < -0.39 is 8.32 Å². The van der Waals surface area contributed by atoms with Crippen LogP contribution in [0.25, 0.3) is 0 Å². The van der Waals surface area contributed by atoms with E-state index in [0.717, 1.165) is 24.0 Å². The number of hydrogen-bond acceptors (Lipinski definition) is 2. The van der Waals surface area contributed by atoms with Crippen molar-refractivity contribution in [3.8, 4) is 11.5 Å². The Kier molecular flexibility index (Phi) is 6.67. The van der Waals surface area contributed by atoms with Gasteiger partial charge < -0.3 is 9.16 Å². The predicted octanol–water partition coefficient (Wildman–Crippen LogP) is 7.80. The molecule has 2 nitrogen and oxygen atoms in total. The van der Waals surface area contributed by atoms with Gasteiger partial charge >= 0.3 is 0 Å². The molecule has 29 heavy (non-hydrogen) atoms. The zero-order chi connectivity index (χ0) is 21.2. The van der Waals surface area contributed by atoms with Gasteiger partial charge in [0.15, 0.2) is 0 Å². The first-order valence-corrected chi connectivity index (χ1v) is 14.6. The van der Waals surface area contributed by atoms with Crippen molar-refractivity contribution in [3.05, 3.63) is 47.6 Å². The second-order valence-electron chi connectivity index (χ2n) is 10.2. The van der Waals surface area contributed by atoms with Crippen LogP contribution in [0.4, 0.5) is 0 Å². The Labute approximate surface area is 179 Å². The van der Waals surface area contributed by atoms with Crippen LogP contribution in [-0.4, -0.2) is 13.9 Å². The molecule has 1 heterocycles. The summed E-state index contributed by atoms with van der Waals surface area (Å²) in [6.45, 7) is 17.6. The van der Waals surface area contributed by atoms with E-state index in [1.807, 2.05) is 6.08 Å². The van der Waals surface area contributed by atoms with E-state index in [1.165, 1.54) is 48.8 Å². The van der Waals surface area contributed by atoms with Crippen molar-refractivity contribution in [2.24, 2.45) is 5.92 Å². The normalized spacial score (nSPS) is 22.8. The molecule has 0 spiro atoms. The lowest BCUT2D eigenvalue weighted by atomic mass is 9.68. The van der Waals surface area contributed by atoms with Crippen molar-refractivity contribution in [1.29, 1.82) is 0 Å². The summed E-state index contributed by atoms with van der Waals surface area (Å²) in [5.74, 6) is 3.01. The van der Waals surface area contributed by atoms with E-state index in [0.29, 0.717) is 11.8 Å². The number of ether oxygens (including phenoxy) is 1. The Bertz CT molecular complexity index is 775. The van der Waals surface area contributed by atoms with Crippen molar-refractivity contribution < 1.29 is 9.16 Å². The molecule has 0 fully saturated rings. The first-order chi connectivity index (χ1) is 13.7. The minimum Gasteiger partial charge on any atom is -0.543 e. The van der Waals surface area contributed by atoms with Gasteiger partial charge in [-0.3, -0.25) is 0 Å². The second-order valence-corrected chi connectivity index (χ2v) is 14.3. The van der Waals surface area contributed by atoms with Crippen LogP contribution in [0.15, 0.2) is 36.4 Å². The Morgan fingerprint density at radius 2 is 2.03 bits per heavy atom. The Balaban J connectivity index is 2.09. The first kappa shape index (κ1) is 22.2. The van der Waals surface area contributed by atoms with Crippen LogP contribution in [0.1, 0.15) is 76.8 Å². The van der Waals surface area contributed by atoms with Gasteiger partial charge in [0.1, 0.15) is 17.1 Å². The van der Waals surface area contributed by atoms with Gasteiger partial charge in [-0.2, -0.15) is 0 Å². The van der Waals surface area contributed by atoms with Gasteiger partial charge in [-0.25, -0.2) is 0 Å². The quantitative estimate of drug-likeness (QED) is 0.246. The van der Waals surface area contributed by atoms with Crippen molar-refractivity contribution in [2.45, 2.75) is 96.9 Å². The van der Waals surface area contributed by atoms with Gasteiger partial charge in [0.2, 0.25) is 8.32 Å². The molecule has 3 rings (SSSR count). The molecule has 160 valence electrons. The number of hydrogen-bond donors (Lipinski definition) is 0. The first-order valence-electron chi connectivity index (χ1n) is 11.5. The van der Waals surface area contributed by atoms with Crippen LogP contribution < -0.4 is 9.16 Å². The largest absolute Gasteiger partial charge is 0.543 e. The number of unbranched alkanes of at least 4 members (excludes halogenated alkanes) is 2. The minimum atomic E-state index is -1.87. The van der Waals surface area contributed by atoms with E-state index in [2.05, 4.69) is 65.6 Å². The molecule has 0 saturated carbocycles. The fraction of sp³-hybridized carbons (Fsp3) is 0.615. The van der Waals surface area contributed by atoms with E-state index in [9.17, 15) is 0 Å². The number of allylic oxidation sites excluding steroid dienone is 3. The van der Waals surface area contributed by atoms with Crippen LogP contribution in [0.3, 0.4) is 0 Å². The molecule has 0 aromatic heterocycles. The molecule has 2 unspecified atom stereocenters. The standard InChI is InChI=1S/C26H40O2Si/c1-8-10-11-12-20-17-23-25(24(18-20)28-29(6,7)15-9-2)21-16-19(3)13-14-22(21)26(4,5)27-23/h9,16-18,21-22H,2,8,10-15H2,1,3-7H3. The molecule has 2 atom stereocenters. The molecule has 1 aromatic rings. The lowest BCUT2D eigenvalue weighted by molar-refractivity contribution is 0.0110. The zero-order valence-electron chi connectivity index (χ0n) is 19.4.